The largest absolute Gasteiger partial charge is 0.352 e. The van der Waals surface area contributed by atoms with E-state index in [1.807, 2.05) is 48.7 Å². The number of carbonyl (C=O) groups is 1. The predicted molar refractivity (Wildman–Crippen MR) is 109 cm³/mol. The quantitative estimate of drug-likeness (QED) is 0.526. The maximum absolute atomic E-state index is 12.9. The fraction of sp³-hybridized carbons (Fsp3) is 0.182. The molecule has 1 amide bonds. The number of nitrogens with zero attached hydrogens (tertiary/aromatic N) is 4. The van der Waals surface area contributed by atoms with Crippen molar-refractivity contribution in [2.75, 3.05) is 6.54 Å². The van der Waals surface area contributed by atoms with Crippen LogP contribution >= 0.6 is 0 Å². The maximum Gasteiger partial charge on any atom is 0.252 e. The van der Waals surface area contributed by atoms with Crippen LogP contribution in [0.15, 0.2) is 67.0 Å². The van der Waals surface area contributed by atoms with Crippen molar-refractivity contribution in [1.29, 1.82) is 0 Å². The molecule has 2 heterocycles. The van der Waals surface area contributed by atoms with Crippen molar-refractivity contribution in [2.24, 2.45) is 0 Å². The molecule has 4 rings (SSSR count). The van der Waals surface area contributed by atoms with Gasteiger partial charge < -0.3 is 5.32 Å². The maximum atomic E-state index is 12.9. The molecule has 0 atom stereocenters. The zero-order valence-electron chi connectivity index (χ0n) is 15.7. The molecule has 0 fully saturated rings. The fourth-order valence-corrected chi connectivity index (χ4v) is 3.13. The molecule has 0 bridgehead atoms. The van der Waals surface area contributed by atoms with Crippen molar-refractivity contribution < 1.29 is 4.79 Å². The highest BCUT2D eigenvalue weighted by atomic mass is 16.1. The van der Waals surface area contributed by atoms with Crippen LogP contribution in [0.2, 0.25) is 0 Å². The van der Waals surface area contributed by atoms with Crippen LogP contribution in [0, 0.1) is 6.92 Å². The number of hydrogen-bond donors (Lipinski definition) is 1. The molecule has 140 valence electrons. The van der Waals surface area contributed by atoms with Crippen molar-refractivity contribution in [3.8, 4) is 11.3 Å². The zero-order chi connectivity index (χ0) is 19.3. The average Bonchev–Trinajstić information content (AvgIpc) is 3.24. The number of carbonyl (C=O) groups excluding carboxylic acids is 1. The molecule has 28 heavy (non-hydrogen) atoms. The second kappa shape index (κ2) is 8.00. The van der Waals surface area contributed by atoms with Gasteiger partial charge in [0.25, 0.3) is 5.91 Å². The highest BCUT2D eigenvalue weighted by molar-refractivity contribution is 6.07. The van der Waals surface area contributed by atoms with Crippen LogP contribution < -0.4 is 5.32 Å². The van der Waals surface area contributed by atoms with Crippen LogP contribution in [0.3, 0.4) is 0 Å². The van der Waals surface area contributed by atoms with Crippen molar-refractivity contribution in [3.05, 3.63) is 78.1 Å². The molecule has 1 N–H and O–H groups in total. The number of fused-ring (bicyclic) bond motifs is 1. The van der Waals surface area contributed by atoms with E-state index in [1.54, 1.807) is 10.9 Å². The van der Waals surface area contributed by atoms with Gasteiger partial charge in [0.15, 0.2) is 0 Å². The SMILES string of the molecule is Cc1ccc(-c2cc(C(=O)NCCCn3ccnn3)c3ccccc3n2)cc1. The summed E-state index contributed by atoms with van der Waals surface area (Å²) in [5, 5.41) is 11.6. The van der Waals surface area contributed by atoms with Crippen molar-refractivity contribution in [2.45, 2.75) is 19.9 Å². The normalized spacial score (nSPS) is 10.9. The van der Waals surface area contributed by atoms with Crippen LogP contribution in [0.1, 0.15) is 22.3 Å². The van der Waals surface area contributed by atoms with E-state index in [9.17, 15) is 4.79 Å². The Morgan fingerprint density at radius 1 is 1.11 bits per heavy atom. The molecule has 0 unspecified atom stereocenters. The molecule has 0 aliphatic heterocycles. The highest BCUT2D eigenvalue weighted by Crippen LogP contribution is 2.25. The molecule has 0 radical (unpaired) electrons. The van der Waals surface area contributed by atoms with E-state index in [4.69, 9.17) is 4.98 Å². The van der Waals surface area contributed by atoms with Crippen molar-refractivity contribution in [3.63, 3.8) is 0 Å². The summed E-state index contributed by atoms with van der Waals surface area (Å²) in [5.74, 6) is -0.0921. The zero-order valence-corrected chi connectivity index (χ0v) is 15.7. The standard InChI is InChI=1S/C22H21N5O/c1-16-7-9-17(10-8-16)21-15-19(18-5-2-3-6-20(18)25-21)22(28)23-11-4-13-27-14-12-24-26-27/h2-3,5-10,12,14-15H,4,11,13H2,1H3,(H,23,28). The Balaban J connectivity index is 1.57. The van der Waals surface area contributed by atoms with Crippen LogP contribution in [0.5, 0.6) is 0 Å². The van der Waals surface area contributed by atoms with Crippen LogP contribution in [0.4, 0.5) is 0 Å². The first-order chi connectivity index (χ1) is 13.7. The van der Waals surface area contributed by atoms with Gasteiger partial charge in [-0.25, -0.2) is 4.98 Å². The molecule has 2 aromatic carbocycles. The summed E-state index contributed by atoms with van der Waals surface area (Å²) in [6.07, 6.45) is 4.24. The molecule has 0 aliphatic rings. The van der Waals surface area contributed by atoms with Crippen molar-refractivity contribution in [1.82, 2.24) is 25.3 Å². The van der Waals surface area contributed by atoms with E-state index in [2.05, 4.69) is 34.7 Å². The highest BCUT2D eigenvalue weighted by Gasteiger charge is 2.13. The Kier molecular flexibility index (Phi) is 5.10. The minimum absolute atomic E-state index is 0.0921. The van der Waals surface area contributed by atoms with E-state index in [1.165, 1.54) is 5.56 Å². The van der Waals surface area contributed by atoms with Gasteiger partial charge in [0, 0.05) is 30.2 Å². The van der Waals surface area contributed by atoms with E-state index < -0.39 is 0 Å². The number of amides is 1. The van der Waals surface area contributed by atoms with Gasteiger partial charge in [-0.3, -0.25) is 9.48 Å². The Morgan fingerprint density at radius 3 is 2.71 bits per heavy atom. The van der Waals surface area contributed by atoms with E-state index in [-0.39, 0.29) is 5.91 Å². The fourth-order valence-electron chi connectivity index (χ4n) is 3.13. The lowest BCUT2D eigenvalue weighted by Gasteiger charge is -2.11. The molecule has 0 saturated carbocycles. The van der Waals surface area contributed by atoms with Gasteiger partial charge in [-0.05, 0) is 25.5 Å². The summed E-state index contributed by atoms with van der Waals surface area (Å²) in [5.41, 5.74) is 4.44. The number of pyridine rings is 1. The van der Waals surface area contributed by atoms with E-state index in [0.717, 1.165) is 28.6 Å². The number of aromatic nitrogens is 4. The minimum atomic E-state index is -0.0921. The van der Waals surface area contributed by atoms with Crippen LogP contribution in [-0.2, 0) is 6.54 Å². The number of nitrogens with one attached hydrogen (secondary N) is 1. The van der Waals surface area contributed by atoms with Gasteiger partial charge in [0.1, 0.15) is 0 Å². The summed E-state index contributed by atoms with van der Waals surface area (Å²) in [7, 11) is 0. The van der Waals surface area contributed by atoms with Crippen molar-refractivity contribution >= 4 is 16.8 Å². The lowest BCUT2D eigenvalue weighted by molar-refractivity contribution is 0.0954. The smallest absolute Gasteiger partial charge is 0.252 e. The molecule has 0 aliphatic carbocycles. The number of para-hydroxylation sites is 1. The van der Waals surface area contributed by atoms with E-state index in [0.29, 0.717) is 18.7 Å². The Bertz CT molecular complexity index is 1090. The van der Waals surface area contributed by atoms with Crippen LogP contribution in [-0.4, -0.2) is 32.4 Å². The first kappa shape index (κ1) is 17.9. The third kappa shape index (κ3) is 3.91. The molecule has 0 spiro atoms. The first-order valence-electron chi connectivity index (χ1n) is 9.30. The van der Waals surface area contributed by atoms with Crippen LogP contribution in [0.25, 0.3) is 22.2 Å². The number of rotatable bonds is 6. The van der Waals surface area contributed by atoms with Gasteiger partial charge >= 0.3 is 0 Å². The average molecular weight is 371 g/mol. The molecular weight excluding hydrogens is 350 g/mol. The number of benzene rings is 2. The minimum Gasteiger partial charge on any atom is -0.352 e. The summed E-state index contributed by atoms with van der Waals surface area (Å²) in [4.78, 5) is 17.6. The van der Waals surface area contributed by atoms with E-state index >= 15 is 0 Å². The predicted octanol–water partition coefficient (Wildman–Crippen LogP) is 3.62. The molecule has 6 nitrogen and oxygen atoms in total. The monoisotopic (exact) mass is 371 g/mol. The molecule has 4 aromatic rings. The first-order valence-corrected chi connectivity index (χ1v) is 9.30. The van der Waals surface area contributed by atoms with Gasteiger partial charge in [-0.1, -0.05) is 53.2 Å². The second-order valence-electron chi connectivity index (χ2n) is 6.71. The molecular formula is C22H21N5O. The Morgan fingerprint density at radius 2 is 1.93 bits per heavy atom. The van der Waals surface area contributed by atoms with Gasteiger partial charge in [-0.2, -0.15) is 0 Å². The molecule has 6 heteroatoms. The van der Waals surface area contributed by atoms with Gasteiger partial charge in [0.05, 0.1) is 23.0 Å². The number of hydrogen-bond acceptors (Lipinski definition) is 4. The van der Waals surface area contributed by atoms with Gasteiger partial charge in [-0.15, -0.1) is 5.10 Å². The lowest BCUT2D eigenvalue weighted by atomic mass is 10.0. The summed E-state index contributed by atoms with van der Waals surface area (Å²) in [6, 6.07) is 17.8. The number of aryl methyl sites for hydroxylation is 2. The second-order valence-corrected chi connectivity index (χ2v) is 6.71. The third-order valence-electron chi connectivity index (χ3n) is 4.63. The topological polar surface area (TPSA) is 72.7 Å². The van der Waals surface area contributed by atoms with Gasteiger partial charge in [0.2, 0.25) is 0 Å². The summed E-state index contributed by atoms with van der Waals surface area (Å²) in [6.45, 7) is 3.33. The Labute approximate surface area is 163 Å². The molecule has 2 aromatic heterocycles. The Hall–Kier alpha value is -3.54. The summed E-state index contributed by atoms with van der Waals surface area (Å²) >= 11 is 0. The lowest BCUT2D eigenvalue weighted by Crippen LogP contribution is -2.25. The third-order valence-corrected chi connectivity index (χ3v) is 4.63. The summed E-state index contributed by atoms with van der Waals surface area (Å²) < 4.78 is 1.75. The molecule has 0 saturated heterocycles.